The van der Waals surface area contributed by atoms with E-state index in [9.17, 15) is 14.9 Å². The second kappa shape index (κ2) is 10.2. The molecule has 0 aliphatic carbocycles. The normalized spacial score (nSPS) is 16.7. The number of hydrogen-bond donors (Lipinski definition) is 1. The maximum absolute atomic E-state index is 13.7. The number of thioether (sulfide) groups is 1. The summed E-state index contributed by atoms with van der Waals surface area (Å²) in [6.45, 7) is 7.94. The zero-order valence-electron chi connectivity index (χ0n) is 20.3. The van der Waals surface area contributed by atoms with Gasteiger partial charge in [-0.05, 0) is 80.6 Å². The molecular weight excluding hydrogens is 454 g/mol. The number of rotatable bonds is 5. The summed E-state index contributed by atoms with van der Waals surface area (Å²) in [6.07, 6.45) is 0.507. The van der Waals surface area contributed by atoms with Gasteiger partial charge in [-0.3, -0.25) is 14.5 Å². The van der Waals surface area contributed by atoms with Crippen LogP contribution in [0.1, 0.15) is 27.8 Å². The first-order valence-electron chi connectivity index (χ1n) is 11.4. The van der Waals surface area contributed by atoms with Crippen LogP contribution in [0.15, 0.2) is 77.3 Å². The number of nitrogens with one attached hydrogen (secondary N) is 1. The molecule has 4 rings (SSSR count). The summed E-state index contributed by atoms with van der Waals surface area (Å²) < 4.78 is 0. The van der Waals surface area contributed by atoms with Crippen molar-refractivity contribution in [3.05, 3.63) is 105 Å². The summed E-state index contributed by atoms with van der Waals surface area (Å²) in [5.74, 6) is -0.664. The molecular formula is C29H27N3O2S. The van der Waals surface area contributed by atoms with E-state index in [4.69, 9.17) is 0 Å². The van der Waals surface area contributed by atoms with Crippen LogP contribution < -0.4 is 10.2 Å². The van der Waals surface area contributed by atoms with Crippen molar-refractivity contribution in [3.63, 3.8) is 0 Å². The van der Waals surface area contributed by atoms with Crippen LogP contribution in [0.4, 0.5) is 11.4 Å². The fourth-order valence-electron chi connectivity index (χ4n) is 3.94. The molecule has 0 aromatic heterocycles. The summed E-state index contributed by atoms with van der Waals surface area (Å²) in [6, 6.07) is 23.3. The number of amides is 2. The average molecular weight is 482 g/mol. The van der Waals surface area contributed by atoms with Crippen LogP contribution in [0.5, 0.6) is 0 Å². The lowest BCUT2D eigenvalue weighted by Gasteiger charge is -2.20. The number of carbonyl (C=O) groups is 2. The van der Waals surface area contributed by atoms with Crippen LogP contribution in [-0.2, 0) is 16.0 Å². The molecule has 1 unspecified atom stereocenters. The van der Waals surface area contributed by atoms with Crippen LogP contribution in [0.2, 0.25) is 0 Å². The first-order chi connectivity index (χ1) is 16.8. The zero-order chi connectivity index (χ0) is 25.1. The van der Waals surface area contributed by atoms with Crippen molar-refractivity contribution in [1.82, 2.24) is 0 Å². The Bertz CT molecular complexity index is 1370. The molecule has 1 fully saturated rings. The number of benzene rings is 3. The number of carbonyl (C=O) groups excluding carboxylic acids is 2. The van der Waals surface area contributed by atoms with Gasteiger partial charge in [0.25, 0.3) is 5.91 Å². The quantitative estimate of drug-likeness (QED) is 0.359. The summed E-state index contributed by atoms with van der Waals surface area (Å²) in [5, 5.41) is 12.8. The van der Waals surface area contributed by atoms with Gasteiger partial charge in [0.1, 0.15) is 16.7 Å². The Morgan fingerprint density at radius 3 is 2.37 bits per heavy atom. The Kier molecular flexibility index (Phi) is 7.09. The Balaban J connectivity index is 1.74. The maximum Gasteiger partial charge on any atom is 0.269 e. The fourth-order valence-corrected chi connectivity index (χ4v) is 5.25. The highest BCUT2D eigenvalue weighted by molar-refractivity contribution is 8.05. The molecule has 0 spiro atoms. The van der Waals surface area contributed by atoms with Crippen molar-refractivity contribution >= 4 is 35.0 Å². The minimum atomic E-state index is -0.529. The molecule has 1 heterocycles. The van der Waals surface area contributed by atoms with Crippen LogP contribution in [0.3, 0.4) is 0 Å². The van der Waals surface area contributed by atoms with Gasteiger partial charge >= 0.3 is 0 Å². The molecule has 6 heteroatoms. The van der Waals surface area contributed by atoms with Gasteiger partial charge in [0, 0.05) is 11.4 Å². The second-order valence-corrected chi connectivity index (χ2v) is 10.0. The Morgan fingerprint density at radius 2 is 1.71 bits per heavy atom. The third-order valence-corrected chi connectivity index (χ3v) is 7.33. The molecule has 1 aliphatic heterocycles. The van der Waals surface area contributed by atoms with Gasteiger partial charge < -0.3 is 5.32 Å². The van der Waals surface area contributed by atoms with Crippen molar-refractivity contribution in [2.24, 2.45) is 0 Å². The largest absolute Gasteiger partial charge is 0.321 e. The van der Waals surface area contributed by atoms with Gasteiger partial charge in [-0.25, -0.2) is 0 Å². The van der Waals surface area contributed by atoms with Gasteiger partial charge in [0.05, 0.1) is 5.25 Å². The summed E-state index contributed by atoms with van der Waals surface area (Å²) in [4.78, 5) is 28.4. The topological polar surface area (TPSA) is 73.2 Å². The molecule has 176 valence electrons. The highest BCUT2D eigenvalue weighted by Crippen LogP contribution is 2.42. The van der Waals surface area contributed by atoms with E-state index in [0.717, 1.165) is 27.8 Å². The van der Waals surface area contributed by atoms with Gasteiger partial charge in [-0.1, -0.05) is 59.8 Å². The van der Waals surface area contributed by atoms with Crippen molar-refractivity contribution in [2.75, 3.05) is 10.2 Å². The average Bonchev–Trinajstić information content (AvgIpc) is 3.13. The number of nitrogens with zero attached hydrogens (tertiary/aromatic N) is 2. The zero-order valence-corrected chi connectivity index (χ0v) is 21.1. The molecule has 0 saturated carbocycles. The van der Waals surface area contributed by atoms with Crippen molar-refractivity contribution in [3.8, 4) is 6.07 Å². The lowest BCUT2D eigenvalue weighted by molar-refractivity contribution is -0.117. The Hall–Kier alpha value is -3.82. The van der Waals surface area contributed by atoms with E-state index in [1.807, 2.05) is 88.4 Å². The molecule has 3 aromatic carbocycles. The van der Waals surface area contributed by atoms with E-state index in [0.29, 0.717) is 22.8 Å². The monoisotopic (exact) mass is 481 g/mol. The van der Waals surface area contributed by atoms with E-state index in [1.54, 1.807) is 6.07 Å². The predicted molar refractivity (Wildman–Crippen MR) is 142 cm³/mol. The smallest absolute Gasteiger partial charge is 0.269 e. The van der Waals surface area contributed by atoms with Crippen LogP contribution >= 0.6 is 11.8 Å². The van der Waals surface area contributed by atoms with E-state index in [1.165, 1.54) is 16.7 Å². The molecule has 35 heavy (non-hydrogen) atoms. The molecule has 1 atom stereocenters. The molecule has 2 amide bonds. The van der Waals surface area contributed by atoms with Crippen molar-refractivity contribution in [2.45, 2.75) is 39.4 Å². The van der Waals surface area contributed by atoms with E-state index >= 15 is 0 Å². The van der Waals surface area contributed by atoms with Crippen molar-refractivity contribution in [1.29, 1.82) is 5.26 Å². The maximum atomic E-state index is 13.7. The molecule has 1 N–H and O–H groups in total. The number of anilines is 2. The highest BCUT2D eigenvalue weighted by Gasteiger charge is 2.41. The molecule has 5 nitrogen and oxygen atoms in total. The molecule has 1 saturated heterocycles. The highest BCUT2D eigenvalue weighted by atomic mass is 32.2. The third-order valence-electron chi connectivity index (χ3n) is 6.07. The molecule has 3 aromatic rings. The van der Waals surface area contributed by atoms with Crippen LogP contribution in [0.25, 0.3) is 0 Å². The van der Waals surface area contributed by atoms with Gasteiger partial charge in [-0.15, -0.1) is 0 Å². The first kappa shape index (κ1) is 24.3. The van der Waals surface area contributed by atoms with Crippen LogP contribution in [0, 0.1) is 39.0 Å². The minimum absolute atomic E-state index is 0.0745. The van der Waals surface area contributed by atoms with E-state index < -0.39 is 11.2 Å². The Morgan fingerprint density at radius 1 is 0.971 bits per heavy atom. The number of hydrogen-bond acceptors (Lipinski definition) is 4. The summed E-state index contributed by atoms with van der Waals surface area (Å²) in [7, 11) is 0. The number of nitriles is 1. The van der Waals surface area contributed by atoms with Gasteiger partial charge in [-0.2, -0.15) is 5.26 Å². The first-order valence-corrected chi connectivity index (χ1v) is 12.3. The van der Waals surface area contributed by atoms with E-state index in [-0.39, 0.29) is 11.5 Å². The summed E-state index contributed by atoms with van der Waals surface area (Å²) >= 11 is 1.28. The second-order valence-electron chi connectivity index (χ2n) is 8.85. The molecule has 0 radical (unpaired) electrons. The fraction of sp³-hybridized carbons (Fsp3) is 0.207. The number of aryl methyl sites for hydroxylation is 4. The predicted octanol–water partition coefficient (Wildman–Crippen LogP) is 5.99. The van der Waals surface area contributed by atoms with Crippen molar-refractivity contribution < 1.29 is 9.59 Å². The standard InChI is InChI=1S/C29H27N3O2S/c1-18-8-11-22(12-9-18)16-26-28(34)32(24-13-10-20(3)21(4)15-24)29(35-26)25(17-30)27(33)31-23-7-5-6-19(2)14-23/h5-15,26H,16H2,1-4H3,(H,31,33)/b29-25-. The van der Waals surface area contributed by atoms with Gasteiger partial charge in [0.2, 0.25) is 5.91 Å². The summed E-state index contributed by atoms with van der Waals surface area (Å²) in [5.41, 5.74) is 6.50. The minimum Gasteiger partial charge on any atom is -0.321 e. The van der Waals surface area contributed by atoms with Gasteiger partial charge in [0.15, 0.2) is 0 Å². The van der Waals surface area contributed by atoms with E-state index in [2.05, 4.69) is 11.4 Å². The molecule has 0 bridgehead atoms. The lowest BCUT2D eigenvalue weighted by Crippen LogP contribution is -2.31. The van der Waals surface area contributed by atoms with Crippen LogP contribution in [-0.4, -0.2) is 17.1 Å². The SMILES string of the molecule is Cc1ccc(CC2S/C(=C(/C#N)C(=O)Nc3cccc(C)c3)N(c3ccc(C)c(C)c3)C2=O)cc1. The molecule has 1 aliphatic rings. The Labute approximate surface area is 210 Å². The third kappa shape index (κ3) is 5.31. The lowest BCUT2D eigenvalue weighted by atomic mass is 10.1.